The first-order chi connectivity index (χ1) is 8.66. The minimum absolute atomic E-state index is 0.0604. The molecule has 1 saturated heterocycles. The largest absolute Gasteiger partial charge is 0.391 e. The topological polar surface area (TPSA) is 40.5 Å². The van der Waals surface area contributed by atoms with Crippen LogP contribution in [-0.2, 0) is 0 Å². The predicted molar refractivity (Wildman–Crippen MR) is 73.1 cm³/mol. The van der Waals surface area contributed by atoms with E-state index in [9.17, 15) is 9.90 Å². The van der Waals surface area contributed by atoms with Crippen LogP contribution in [0.1, 0.15) is 21.7 Å². The van der Waals surface area contributed by atoms with Crippen molar-refractivity contribution >= 4 is 27.3 Å². The van der Waals surface area contributed by atoms with Crippen molar-refractivity contribution < 1.29 is 9.90 Å². The first-order valence-electron chi connectivity index (χ1n) is 6.12. The molecule has 0 spiro atoms. The van der Waals surface area contributed by atoms with Crippen LogP contribution in [0.2, 0.25) is 0 Å². The highest BCUT2D eigenvalue weighted by atomic mass is 32.1. The fraction of sp³-hybridized carbons (Fsp3) is 0.357. The number of amides is 1. The SMILES string of the molecule is Cc1c(C(=O)N2CC[C@@H](O)C2)sc2ccccc12. The predicted octanol–water partition coefficient (Wildman–Crippen LogP) is 2.42. The van der Waals surface area contributed by atoms with Crippen LogP contribution in [0.5, 0.6) is 0 Å². The number of hydrogen-bond acceptors (Lipinski definition) is 3. The molecule has 0 aliphatic carbocycles. The van der Waals surface area contributed by atoms with Crippen molar-refractivity contribution in [3.05, 3.63) is 34.7 Å². The van der Waals surface area contributed by atoms with Crippen molar-refractivity contribution in [2.24, 2.45) is 0 Å². The fourth-order valence-electron chi connectivity index (χ4n) is 2.45. The molecular weight excluding hydrogens is 246 g/mol. The summed E-state index contributed by atoms with van der Waals surface area (Å²) >= 11 is 1.55. The first kappa shape index (κ1) is 11.7. The zero-order chi connectivity index (χ0) is 12.7. The highest BCUT2D eigenvalue weighted by molar-refractivity contribution is 7.21. The number of carbonyl (C=O) groups excluding carboxylic acids is 1. The Morgan fingerprint density at radius 1 is 1.44 bits per heavy atom. The summed E-state index contributed by atoms with van der Waals surface area (Å²) in [6.45, 7) is 3.12. The molecule has 1 aromatic carbocycles. The van der Waals surface area contributed by atoms with Gasteiger partial charge >= 0.3 is 0 Å². The van der Waals surface area contributed by atoms with Gasteiger partial charge in [0, 0.05) is 17.8 Å². The molecule has 1 aromatic heterocycles. The molecule has 3 nitrogen and oxygen atoms in total. The van der Waals surface area contributed by atoms with Gasteiger partial charge < -0.3 is 10.0 Å². The molecule has 4 heteroatoms. The summed E-state index contributed by atoms with van der Waals surface area (Å²) in [6, 6.07) is 8.08. The number of nitrogens with zero attached hydrogens (tertiary/aromatic N) is 1. The van der Waals surface area contributed by atoms with Gasteiger partial charge in [-0.3, -0.25) is 4.79 Å². The lowest BCUT2D eigenvalue weighted by Crippen LogP contribution is -2.29. The number of aryl methyl sites for hydroxylation is 1. The van der Waals surface area contributed by atoms with E-state index in [4.69, 9.17) is 0 Å². The minimum atomic E-state index is -0.358. The second-order valence-electron chi connectivity index (χ2n) is 4.75. The van der Waals surface area contributed by atoms with Crippen molar-refractivity contribution in [2.75, 3.05) is 13.1 Å². The third kappa shape index (κ3) is 1.82. The van der Waals surface area contributed by atoms with E-state index in [0.29, 0.717) is 19.5 Å². The lowest BCUT2D eigenvalue weighted by molar-refractivity contribution is 0.0769. The van der Waals surface area contributed by atoms with Gasteiger partial charge in [-0.2, -0.15) is 0 Å². The summed E-state index contributed by atoms with van der Waals surface area (Å²) in [6.07, 6.45) is 0.332. The van der Waals surface area contributed by atoms with Gasteiger partial charge in [0.25, 0.3) is 5.91 Å². The number of aliphatic hydroxyl groups excluding tert-OH is 1. The Balaban J connectivity index is 1.99. The number of aliphatic hydroxyl groups is 1. The molecule has 1 aliphatic rings. The molecule has 0 bridgehead atoms. The molecule has 1 atom stereocenters. The molecular formula is C14H15NO2S. The van der Waals surface area contributed by atoms with Crippen LogP contribution < -0.4 is 0 Å². The maximum absolute atomic E-state index is 12.4. The smallest absolute Gasteiger partial charge is 0.264 e. The van der Waals surface area contributed by atoms with Gasteiger partial charge in [0.1, 0.15) is 0 Å². The van der Waals surface area contributed by atoms with Gasteiger partial charge in [-0.1, -0.05) is 18.2 Å². The number of thiophene rings is 1. The summed E-state index contributed by atoms with van der Waals surface area (Å²) in [4.78, 5) is 15.0. The Labute approximate surface area is 110 Å². The Morgan fingerprint density at radius 3 is 2.89 bits per heavy atom. The quantitative estimate of drug-likeness (QED) is 0.856. The summed E-state index contributed by atoms with van der Waals surface area (Å²) in [7, 11) is 0. The second kappa shape index (κ2) is 4.37. The van der Waals surface area contributed by atoms with E-state index in [0.717, 1.165) is 20.5 Å². The highest BCUT2D eigenvalue weighted by Crippen LogP contribution is 2.32. The number of hydrogen-bond donors (Lipinski definition) is 1. The summed E-state index contributed by atoms with van der Waals surface area (Å²) < 4.78 is 1.15. The molecule has 3 rings (SSSR count). The van der Waals surface area contributed by atoms with E-state index >= 15 is 0 Å². The average Bonchev–Trinajstić information content (AvgIpc) is 2.94. The lowest BCUT2D eigenvalue weighted by atomic mass is 10.1. The molecule has 0 radical (unpaired) electrons. The monoisotopic (exact) mass is 261 g/mol. The molecule has 1 N–H and O–H groups in total. The van der Waals surface area contributed by atoms with Crippen molar-refractivity contribution in [2.45, 2.75) is 19.4 Å². The van der Waals surface area contributed by atoms with E-state index < -0.39 is 0 Å². The van der Waals surface area contributed by atoms with Crippen LogP contribution in [0, 0.1) is 6.92 Å². The van der Waals surface area contributed by atoms with Gasteiger partial charge in [-0.15, -0.1) is 11.3 Å². The third-order valence-corrected chi connectivity index (χ3v) is 4.75. The lowest BCUT2D eigenvalue weighted by Gasteiger charge is -2.14. The average molecular weight is 261 g/mol. The minimum Gasteiger partial charge on any atom is -0.391 e. The summed E-state index contributed by atoms with van der Waals surface area (Å²) in [5, 5.41) is 10.7. The van der Waals surface area contributed by atoms with Crippen LogP contribution in [-0.4, -0.2) is 35.1 Å². The van der Waals surface area contributed by atoms with E-state index in [-0.39, 0.29) is 12.0 Å². The molecule has 18 heavy (non-hydrogen) atoms. The fourth-order valence-corrected chi connectivity index (χ4v) is 3.63. The molecule has 0 unspecified atom stereocenters. The number of benzene rings is 1. The number of rotatable bonds is 1. The van der Waals surface area contributed by atoms with E-state index in [1.807, 2.05) is 25.1 Å². The maximum atomic E-state index is 12.4. The Morgan fingerprint density at radius 2 is 2.22 bits per heavy atom. The number of fused-ring (bicyclic) bond motifs is 1. The molecule has 0 saturated carbocycles. The van der Waals surface area contributed by atoms with E-state index in [1.165, 1.54) is 0 Å². The Hall–Kier alpha value is -1.39. The summed E-state index contributed by atoms with van der Waals surface area (Å²) in [5.41, 5.74) is 1.06. The third-order valence-electron chi connectivity index (χ3n) is 3.49. The van der Waals surface area contributed by atoms with Crippen molar-refractivity contribution in [3.63, 3.8) is 0 Å². The molecule has 1 aliphatic heterocycles. The van der Waals surface area contributed by atoms with E-state index in [2.05, 4.69) is 6.07 Å². The van der Waals surface area contributed by atoms with Crippen molar-refractivity contribution in [1.82, 2.24) is 4.90 Å². The second-order valence-corrected chi connectivity index (χ2v) is 5.80. The van der Waals surface area contributed by atoms with Gasteiger partial charge in [0.15, 0.2) is 0 Å². The van der Waals surface area contributed by atoms with Crippen LogP contribution in [0.25, 0.3) is 10.1 Å². The zero-order valence-corrected chi connectivity index (χ0v) is 11.0. The first-order valence-corrected chi connectivity index (χ1v) is 6.94. The standard InChI is InChI=1S/C14H15NO2S/c1-9-11-4-2-3-5-12(11)18-13(9)14(17)15-7-6-10(16)8-15/h2-5,10,16H,6-8H2,1H3/t10-/m1/s1. The molecule has 94 valence electrons. The van der Waals surface area contributed by atoms with Gasteiger partial charge in [0.05, 0.1) is 11.0 Å². The number of β-amino-alcohol motifs (C(OH)–C–C–N with tert-alkyl or cyclic N) is 1. The van der Waals surface area contributed by atoms with Crippen LogP contribution in [0.3, 0.4) is 0 Å². The molecule has 1 fully saturated rings. The van der Waals surface area contributed by atoms with Gasteiger partial charge in [0.2, 0.25) is 0 Å². The van der Waals surface area contributed by atoms with Crippen LogP contribution in [0.15, 0.2) is 24.3 Å². The molecule has 1 amide bonds. The molecule has 2 aromatic rings. The zero-order valence-electron chi connectivity index (χ0n) is 10.2. The van der Waals surface area contributed by atoms with Crippen LogP contribution in [0.4, 0.5) is 0 Å². The van der Waals surface area contributed by atoms with Crippen molar-refractivity contribution in [3.8, 4) is 0 Å². The van der Waals surface area contributed by atoms with Crippen molar-refractivity contribution in [1.29, 1.82) is 0 Å². The molecule has 2 heterocycles. The number of carbonyl (C=O) groups is 1. The van der Waals surface area contributed by atoms with Gasteiger partial charge in [-0.25, -0.2) is 0 Å². The number of likely N-dealkylation sites (tertiary alicyclic amines) is 1. The van der Waals surface area contributed by atoms with Crippen LogP contribution >= 0.6 is 11.3 Å². The Kier molecular flexibility index (Phi) is 2.84. The Bertz CT molecular complexity index is 605. The van der Waals surface area contributed by atoms with E-state index in [1.54, 1.807) is 16.2 Å². The summed E-state index contributed by atoms with van der Waals surface area (Å²) in [5.74, 6) is 0.0604. The van der Waals surface area contributed by atoms with Gasteiger partial charge in [-0.05, 0) is 30.4 Å². The normalized spacial score (nSPS) is 19.7. The maximum Gasteiger partial charge on any atom is 0.264 e. The highest BCUT2D eigenvalue weighted by Gasteiger charge is 2.27.